The van der Waals surface area contributed by atoms with Crippen LogP contribution in [0.3, 0.4) is 0 Å². The van der Waals surface area contributed by atoms with Crippen LogP contribution in [-0.2, 0) is 21.4 Å². The van der Waals surface area contributed by atoms with Crippen LogP contribution in [0.15, 0.2) is 17.3 Å². The van der Waals surface area contributed by atoms with Gasteiger partial charge in [-0.2, -0.15) is 5.10 Å². The first-order valence-electron chi connectivity index (χ1n) is 7.18. The van der Waals surface area contributed by atoms with Crippen molar-refractivity contribution in [2.75, 3.05) is 6.54 Å². The molecule has 0 aliphatic heterocycles. The second-order valence-electron chi connectivity index (χ2n) is 6.05. The quantitative estimate of drug-likeness (QED) is 0.804. The molecule has 3 atom stereocenters. The number of carboxylic acids is 1. The van der Waals surface area contributed by atoms with Crippen molar-refractivity contribution in [3.8, 4) is 0 Å². The number of carboxylic acid groups (broad SMARTS) is 1. The standard InChI is InChI=1S/C13H19N3O4S/c17-13(18)8-16-7-12(6-14-16)21(19,20)15-5-11-4-9-1-2-10(11)3-9/h6-7,9-11,15H,1-5,8H2,(H,17,18). The lowest BCUT2D eigenvalue weighted by molar-refractivity contribution is -0.137. The number of nitrogens with one attached hydrogen (secondary N) is 1. The van der Waals surface area contributed by atoms with Gasteiger partial charge in [-0.1, -0.05) is 6.42 Å². The molecule has 116 valence electrons. The third-order valence-electron chi connectivity index (χ3n) is 4.64. The zero-order valence-electron chi connectivity index (χ0n) is 11.6. The van der Waals surface area contributed by atoms with Crippen LogP contribution >= 0.6 is 0 Å². The first-order chi connectivity index (χ1) is 9.94. The predicted octanol–water partition coefficient (Wildman–Crippen LogP) is 0.682. The highest BCUT2D eigenvalue weighted by Crippen LogP contribution is 2.48. The molecular weight excluding hydrogens is 294 g/mol. The van der Waals surface area contributed by atoms with E-state index in [0.717, 1.165) is 17.0 Å². The van der Waals surface area contributed by atoms with Crippen LogP contribution in [0.1, 0.15) is 25.7 Å². The average molecular weight is 313 g/mol. The second-order valence-corrected chi connectivity index (χ2v) is 7.82. The fraction of sp³-hybridized carbons (Fsp3) is 0.692. The maximum atomic E-state index is 12.2. The van der Waals surface area contributed by atoms with E-state index in [-0.39, 0.29) is 11.4 Å². The lowest BCUT2D eigenvalue weighted by Gasteiger charge is -2.21. The van der Waals surface area contributed by atoms with E-state index in [9.17, 15) is 13.2 Å². The molecule has 2 saturated carbocycles. The topological polar surface area (TPSA) is 101 Å². The molecule has 0 amide bonds. The van der Waals surface area contributed by atoms with E-state index in [4.69, 9.17) is 5.11 Å². The number of carbonyl (C=O) groups is 1. The van der Waals surface area contributed by atoms with E-state index in [0.29, 0.717) is 18.4 Å². The highest BCUT2D eigenvalue weighted by Gasteiger charge is 2.39. The number of aromatic nitrogens is 2. The number of sulfonamides is 1. The third kappa shape index (κ3) is 3.11. The minimum Gasteiger partial charge on any atom is -0.480 e. The summed E-state index contributed by atoms with van der Waals surface area (Å²) in [7, 11) is -3.61. The van der Waals surface area contributed by atoms with Crippen molar-refractivity contribution in [2.45, 2.75) is 37.1 Å². The van der Waals surface area contributed by atoms with E-state index in [2.05, 4.69) is 9.82 Å². The minimum absolute atomic E-state index is 0.0203. The van der Waals surface area contributed by atoms with Crippen molar-refractivity contribution in [3.05, 3.63) is 12.4 Å². The molecule has 1 aromatic heterocycles. The summed E-state index contributed by atoms with van der Waals surface area (Å²) in [6.45, 7) is 0.121. The molecule has 1 heterocycles. The molecular formula is C13H19N3O4S. The molecule has 0 radical (unpaired) electrons. The summed E-state index contributed by atoms with van der Waals surface area (Å²) in [5.41, 5.74) is 0. The van der Waals surface area contributed by atoms with Crippen LogP contribution in [0, 0.1) is 17.8 Å². The minimum atomic E-state index is -3.61. The number of fused-ring (bicyclic) bond motifs is 2. The maximum absolute atomic E-state index is 12.2. The van der Waals surface area contributed by atoms with Crippen molar-refractivity contribution < 1.29 is 18.3 Å². The Bertz CT molecular complexity index is 640. The van der Waals surface area contributed by atoms with E-state index in [1.165, 1.54) is 31.7 Å². The molecule has 1 aromatic rings. The van der Waals surface area contributed by atoms with Crippen LogP contribution in [0.2, 0.25) is 0 Å². The van der Waals surface area contributed by atoms with Gasteiger partial charge in [0.2, 0.25) is 10.0 Å². The van der Waals surface area contributed by atoms with Gasteiger partial charge in [-0.05, 0) is 37.0 Å². The lowest BCUT2D eigenvalue weighted by atomic mass is 9.89. The van der Waals surface area contributed by atoms with Gasteiger partial charge in [0.1, 0.15) is 11.4 Å². The number of hydrogen-bond donors (Lipinski definition) is 2. The van der Waals surface area contributed by atoms with Crippen molar-refractivity contribution >= 4 is 16.0 Å². The number of aliphatic carboxylic acids is 1. The molecule has 2 bridgehead atoms. The Morgan fingerprint density at radius 3 is 2.86 bits per heavy atom. The van der Waals surface area contributed by atoms with Gasteiger partial charge in [0.05, 0.1) is 6.20 Å². The van der Waals surface area contributed by atoms with Crippen LogP contribution in [0.4, 0.5) is 0 Å². The van der Waals surface area contributed by atoms with Gasteiger partial charge in [0.15, 0.2) is 0 Å². The molecule has 3 unspecified atom stereocenters. The second kappa shape index (κ2) is 5.42. The molecule has 8 heteroatoms. The molecule has 7 nitrogen and oxygen atoms in total. The van der Waals surface area contributed by atoms with Crippen molar-refractivity contribution in [1.29, 1.82) is 0 Å². The summed E-state index contributed by atoms with van der Waals surface area (Å²) in [5, 5.41) is 12.4. The summed E-state index contributed by atoms with van der Waals surface area (Å²) in [6, 6.07) is 0. The molecule has 2 aliphatic rings. The highest BCUT2D eigenvalue weighted by molar-refractivity contribution is 7.89. The molecule has 3 rings (SSSR count). The summed E-state index contributed by atoms with van der Waals surface area (Å²) < 4.78 is 28.1. The largest absolute Gasteiger partial charge is 0.480 e. The predicted molar refractivity (Wildman–Crippen MR) is 74.0 cm³/mol. The van der Waals surface area contributed by atoms with E-state index in [1.54, 1.807) is 0 Å². The van der Waals surface area contributed by atoms with Crippen LogP contribution in [-0.4, -0.2) is 35.8 Å². The Morgan fingerprint density at radius 1 is 1.43 bits per heavy atom. The fourth-order valence-electron chi connectivity index (χ4n) is 3.63. The third-order valence-corrected chi connectivity index (χ3v) is 6.02. The molecule has 0 aromatic carbocycles. The summed E-state index contributed by atoms with van der Waals surface area (Å²) in [5.74, 6) is 0.819. The molecule has 2 aliphatic carbocycles. The summed E-state index contributed by atoms with van der Waals surface area (Å²) >= 11 is 0. The number of nitrogens with zero attached hydrogens (tertiary/aromatic N) is 2. The molecule has 0 saturated heterocycles. The number of rotatable bonds is 6. The van der Waals surface area contributed by atoms with Gasteiger partial charge in [0.25, 0.3) is 0 Å². The Balaban J connectivity index is 1.61. The Morgan fingerprint density at radius 2 is 2.24 bits per heavy atom. The fourth-order valence-corrected chi connectivity index (χ4v) is 4.68. The first-order valence-corrected chi connectivity index (χ1v) is 8.66. The van der Waals surface area contributed by atoms with Gasteiger partial charge in [-0.25, -0.2) is 13.1 Å². The molecule has 2 N–H and O–H groups in total. The maximum Gasteiger partial charge on any atom is 0.325 e. The van der Waals surface area contributed by atoms with Crippen molar-refractivity contribution in [1.82, 2.24) is 14.5 Å². The SMILES string of the molecule is O=C(O)Cn1cc(S(=O)(=O)NCC2CC3CCC2C3)cn1. The van der Waals surface area contributed by atoms with Gasteiger partial charge in [0, 0.05) is 12.7 Å². The number of hydrogen-bond acceptors (Lipinski definition) is 4. The molecule has 21 heavy (non-hydrogen) atoms. The van der Waals surface area contributed by atoms with Crippen LogP contribution in [0.5, 0.6) is 0 Å². The van der Waals surface area contributed by atoms with Gasteiger partial charge < -0.3 is 5.11 Å². The zero-order chi connectivity index (χ0) is 15.0. The average Bonchev–Trinajstić information content (AvgIpc) is 3.11. The summed E-state index contributed by atoms with van der Waals surface area (Å²) in [4.78, 5) is 10.6. The van der Waals surface area contributed by atoms with Crippen LogP contribution < -0.4 is 4.72 Å². The lowest BCUT2D eigenvalue weighted by Crippen LogP contribution is -2.31. The van der Waals surface area contributed by atoms with Gasteiger partial charge in [-0.3, -0.25) is 9.48 Å². The van der Waals surface area contributed by atoms with Crippen molar-refractivity contribution in [3.63, 3.8) is 0 Å². The van der Waals surface area contributed by atoms with Crippen LogP contribution in [0.25, 0.3) is 0 Å². The normalized spacial score (nSPS) is 28.1. The van der Waals surface area contributed by atoms with E-state index < -0.39 is 16.0 Å². The first kappa shape index (κ1) is 14.5. The van der Waals surface area contributed by atoms with E-state index in [1.807, 2.05) is 0 Å². The molecule has 2 fully saturated rings. The van der Waals surface area contributed by atoms with E-state index >= 15 is 0 Å². The summed E-state index contributed by atoms with van der Waals surface area (Å²) in [6.07, 6.45) is 7.29. The highest BCUT2D eigenvalue weighted by atomic mass is 32.2. The molecule has 0 spiro atoms. The zero-order valence-corrected chi connectivity index (χ0v) is 12.4. The van der Waals surface area contributed by atoms with Gasteiger partial charge >= 0.3 is 5.97 Å². The Labute approximate surface area is 123 Å². The van der Waals surface area contributed by atoms with Gasteiger partial charge in [-0.15, -0.1) is 0 Å². The Hall–Kier alpha value is -1.41. The van der Waals surface area contributed by atoms with Crippen molar-refractivity contribution in [2.24, 2.45) is 17.8 Å². The monoisotopic (exact) mass is 313 g/mol. The smallest absolute Gasteiger partial charge is 0.325 e. The Kier molecular flexibility index (Phi) is 3.75.